The lowest BCUT2D eigenvalue weighted by molar-refractivity contribution is -0.116. The van der Waals surface area contributed by atoms with Gasteiger partial charge in [-0.2, -0.15) is 0 Å². The van der Waals surface area contributed by atoms with Gasteiger partial charge in [-0.25, -0.2) is 0 Å². The number of hydrogen-bond acceptors (Lipinski definition) is 3. The van der Waals surface area contributed by atoms with Crippen molar-refractivity contribution in [3.05, 3.63) is 83.9 Å². The van der Waals surface area contributed by atoms with E-state index in [9.17, 15) is 4.79 Å². The number of thiocarbonyl (C=S) groups is 1. The Morgan fingerprint density at radius 2 is 2.03 bits per heavy atom. The lowest BCUT2D eigenvalue weighted by Gasteiger charge is -2.29. The van der Waals surface area contributed by atoms with Gasteiger partial charge in [0, 0.05) is 42.8 Å². The predicted octanol–water partition coefficient (Wildman–Crippen LogP) is 4.77. The molecule has 1 saturated heterocycles. The molecule has 3 aromatic rings. The normalized spacial score (nSPS) is 18.1. The molecule has 1 aliphatic rings. The average Bonchev–Trinajstić information content (AvgIpc) is 3.37. The van der Waals surface area contributed by atoms with Crippen LogP contribution in [0.5, 0.6) is 0 Å². The first-order valence-electron chi connectivity index (χ1n) is 11.0. The maximum atomic E-state index is 12.7. The SMILES string of the molecule is Cc1cccc(NC(=O)CCN2C(=S)N[C@@H](c3ccccn3)[C@@H]2c2cccn2C(C)C)c1. The molecule has 7 heteroatoms. The fraction of sp³-hybridized carbons (Fsp3) is 0.320. The van der Waals surface area contributed by atoms with Crippen LogP contribution in [-0.2, 0) is 4.79 Å². The molecule has 0 aliphatic carbocycles. The molecule has 4 rings (SSSR count). The highest BCUT2D eigenvalue weighted by atomic mass is 32.1. The molecule has 32 heavy (non-hydrogen) atoms. The number of anilines is 1. The van der Waals surface area contributed by atoms with Gasteiger partial charge in [0.25, 0.3) is 0 Å². The maximum absolute atomic E-state index is 12.7. The lowest BCUT2D eigenvalue weighted by atomic mass is 10.0. The molecule has 0 spiro atoms. The van der Waals surface area contributed by atoms with E-state index in [0.717, 1.165) is 22.6 Å². The molecule has 0 bridgehead atoms. The number of amides is 1. The molecule has 2 N–H and O–H groups in total. The van der Waals surface area contributed by atoms with Gasteiger partial charge in [-0.15, -0.1) is 0 Å². The number of aryl methyl sites for hydroxylation is 1. The van der Waals surface area contributed by atoms with Crippen LogP contribution in [0, 0.1) is 6.92 Å². The average molecular weight is 448 g/mol. The highest BCUT2D eigenvalue weighted by Gasteiger charge is 2.41. The van der Waals surface area contributed by atoms with Crippen LogP contribution >= 0.6 is 12.2 Å². The molecule has 1 aromatic carbocycles. The van der Waals surface area contributed by atoms with Gasteiger partial charge in [0.15, 0.2) is 5.11 Å². The number of carbonyl (C=O) groups is 1. The zero-order chi connectivity index (χ0) is 22.7. The topological polar surface area (TPSA) is 62.2 Å². The van der Waals surface area contributed by atoms with Crippen molar-refractivity contribution in [1.82, 2.24) is 19.8 Å². The molecule has 3 heterocycles. The summed E-state index contributed by atoms with van der Waals surface area (Å²) in [5.41, 5.74) is 4.01. The molecule has 0 saturated carbocycles. The maximum Gasteiger partial charge on any atom is 0.226 e. The van der Waals surface area contributed by atoms with Gasteiger partial charge in [0.2, 0.25) is 5.91 Å². The molecule has 0 radical (unpaired) electrons. The third-order valence-electron chi connectivity index (χ3n) is 5.75. The molecule has 2 atom stereocenters. The Bertz CT molecular complexity index is 1090. The fourth-order valence-electron chi connectivity index (χ4n) is 4.26. The number of rotatable bonds is 7. The van der Waals surface area contributed by atoms with Crippen molar-refractivity contribution in [2.75, 3.05) is 11.9 Å². The first-order valence-corrected chi connectivity index (χ1v) is 11.4. The summed E-state index contributed by atoms with van der Waals surface area (Å²) in [7, 11) is 0. The molecule has 166 valence electrons. The molecule has 0 unspecified atom stereocenters. The van der Waals surface area contributed by atoms with Crippen LogP contribution in [0.25, 0.3) is 0 Å². The molecule has 1 aliphatic heterocycles. The van der Waals surface area contributed by atoms with E-state index in [2.05, 4.69) is 57.3 Å². The summed E-state index contributed by atoms with van der Waals surface area (Å²) in [6.45, 7) is 6.86. The third-order valence-corrected chi connectivity index (χ3v) is 6.10. The van der Waals surface area contributed by atoms with Crippen molar-refractivity contribution < 1.29 is 4.79 Å². The summed E-state index contributed by atoms with van der Waals surface area (Å²) in [6, 6.07) is 18.1. The van der Waals surface area contributed by atoms with Crippen molar-refractivity contribution in [3.63, 3.8) is 0 Å². The van der Waals surface area contributed by atoms with Gasteiger partial charge in [-0.3, -0.25) is 9.78 Å². The summed E-state index contributed by atoms with van der Waals surface area (Å²) >= 11 is 5.72. The molecular weight excluding hydrogens is 418 g/mol. The molecule has 1 amide bonds. The summed E-state index contributed by atoms with van der Waals surface area (Å²) < 4.78 is 2.26. The molecule has 2 aromatic heterocycles. The van der Waals surface area contributed by atoms with E-state index in [4.69, 9.17) is 12.2 Å². The fourth-order valence-corrected chi connectivity index (χ4v) is 4.60. The molecule has 1 fully saturated rings. The van der Waals surface area contributed by atoms with E-state index in [1.807, 2.05) is 49.4 Å². The van der Waals surface area contributed by atoms with Crippen LogP contribution in [0.3, 0.4) is 0 Å². The Kier molecular flexibility index (Phi) is 6.55. The van der Waals surface area contributed by atoms with Gasteiger partial charge in [-0.05, 0) is 75.0 Å². The minimum Gasteiger partial charge on any atom is -0.352 e. The number of pyridine rings is 1. The Morgan fingerprint density at radius 3 is 2.75 bits per heavy atom. The van der Waals surface area contributed by atoms with E-state index >= 15 is 0 Å². The van der Waals surface area contributed by atoms with Gasteiger partial charge in [0.05, 0.1) is 17.8 Å². The van der Waals surface area contributed by atoms with E-state index in [-0.39, 0.29) is 18.0 Å². The summed E-state index contributed by atoms with van der Waals surface area (Å²) in [6.07, 6.45) is 4.24. The van der Waals surface area contributed by atoms with Crippen LogP contribution < -0.4 is 10.6 Å². The summed E-state index contributed by atoms with van der Waals surface area (Å²) in [5, 5.41) is 7.10. The number of nitrogens with one attached hydrogen (secondary N) is 2. The molecular formula is C25H29N5OS. The Hall–Kier alpha value is -3.19. The smallest absolute Gasteiger partial charge is 0.226 e. The first kappa shape index (κ1) is 22.0. The zero-order valence-electron chi connectivity index (χ0n) is 18.7. The van der Waals surface area contributed by atoms with Crippen molar-refractivity contribution in [2.24, 2.45) is 0 Å². The number of hydrogen-bond donors (Lipinski definition) is 2. The van der Waals surface area contributed by atoms with E-state index in [0.29, 0.717) is 24.1 Å². The van der Waals surface area contributed by atoms with Crippen molar-refractivity contribution >= 4 is 28.9 Å². The summed E-state index contributed by atoms with van der Waals surface area (Å²) in [4.78, 5) is 19.4. The largest absolute Gasteiger partial charge is 0.352 e. The number of nitrogens with zero attached hydrogens (tertiary/aromatic N) is 3. The second kappa shape index (κ2) is 9.53. The van der Waals surface area contributed by atoms with Crippen LogP contribution in [0.15, 0.2) is 67.0 Å². The minimum absolute atomic E-state index is 0.0299. The van der Waals surface area contributed by atoms with E-state index < -0.39 is 0 Å². The van der Waals surface area contributed by atoms with Crippen LogP contribution in [-0.4, -0.2) is 32.0 Å². The zero-order valence-corrected chi connectivity index (χ0v) is 19.5. The van der Waals surface area contributed by atoms with Crippen molar-refractivity contribution in [2.45, 2.75) is 45.3 Å². The van der Waals surface area contributed by atoms with Gasteiger partial charge in [-0.1, -0.05) is 18.2 Å². The van der Waals surface area contributed by atoms with Crippen molar-refractivity contribution in [3.8, 4) is 0 Å². The highest BCUT2D eigenvalue weighted by molar-refractivity contribution is 7.80. The Balaban J connectivity index is 1.57. The second-order valence-electron chi connectivity index (χ2n) is 8.42. The van der Waals surface area contributed by atoms with Gasteiger partial charge >= 0.3 is 0 Å². The monoisotopic (exact) mass is 447 g/mol. The van der Waals surface area contributed by atoms with Gasteiger partial charge < -0.3 is 20.1 Å². The number of aromatic nitrogens is 2. The second-order valence-corrected chi connectivity index (χ2v) is 8.81. The van der Waals surface area contributed by atoms with Crippen LogP contribution in [0.4, 0.5) is 5.69 Å². The third kappa shape index (κ3) is 4.67. The minimum atomic E-state index is -0.0871. The standard InChI is InChI=1S/C25H29N5OS/c1-17(2)29-14-7-11-21(29)24-23(20-10-4-5-13-26-20)28-25(32)30(24)15-12-22(31)27-19-9-6-8-18(3)16-19/h4-11,13-14,16-17,23-24H,12,15H2,1-3H3,(H,27,31)(H,28,32)/t23-,24-/m0/s1. The Labute approximate surface area is 194 Å². The molecule has 6 nitrogen and oxygen atoms in total. The summed E-state index contributed by atoms with van der Waals surface area (Å²) in [5.74, 6) is -0.0299. The number of benzene rings is 1. The van der Waals surface area contributed by atoms with E-state index in [1.165, 1.54) is 0 Å². The quantitative estimate of drug-likeness (QED) is 0.511. The van der Waals surface area contributed by atoms with Crippen LogP contribution in [0.2, 0.25) is 0 Å². The predicted molar refractivity (Wildman–Crippen MR) is 131 cm³/mol. The van der Waals surface area contributed by atoms with Crippen molar-refractivity contribution in [1.29, 1.82) is 0 Å². The lowest BCUT2D eigenvalue weighted by Crippen LogP contribution is -2.33. The highest BCUT2D eigenvalue weighted by Crippen LogP contribution is 2.39. The van der Waals surface area contributed by atoms with Crippen LogP contribution in [0.1, 0.15) is 55.3 Å². The Morgan fingerprint density at radius 1 is 1.19 bits per heavy atom. The first-order chi connectivity index (χ1) is 15.4. The van der Waals surface area contributed by atoms with E-state index in [1.54, 1.807) is 6.20 Å². The van der Waals surface area contributed by atoms with Gasteiger partial charge in [0.1, 0.15) is 0 Å². The number of carbonyl (C=O) groups excluding carboxylic acids is 1.